The number of anilines is 1. The quantitative estimate of drug-likeness (QED) is 0.930. The van der Waals surface area contributed by atoms with Gasteiger partial charge in [0.2, 0.25) is 0 Å². The summed E-state index contributed by atoms with van der Waals surface area (Å²) in [7, 11) is 0. The molecule has 1 aromatic heterocycles. The molecule has 0 saturated heterocycles. The summed E-state index contributed by atoms with van der Waals surface area (Å²) in [6.07, 6.45) is -2.23. The van der Waals surface area contributed by atoms with Gasteiger partial charge in [-0.1, -0.05) is 6.07 Å². The number of nitrogens with one attached hydrogen (secondary N) is 1. The summed E-state index contributed by atoms with van der Waals surface area (Å²) in [6, 6.07) is 6.44. The van der Waals surface area contributed by atoms with E-state index in [1.54, 1.807) is 0 Å². The van der Waals surface area contributed by atoms with Gasteiger partial charge in [0, 0.05) is 11.8 Å². The van der Waals surface area contributed by atoms with Crippen molar-refractivity contribution in [2.24, 2.45) is 0 Å². The van der Waals surface area contributed by atoms with E-state index in [1.807, 2.05) is 0 Å². The number of hydrogen-bond acceptors (Lipinski definition) is 3. The van der Waals surface area contributed by atoms with Crippen molar-refractivity contribution >= 4 is 11.6 Å². The zero-order valence-corrected chi connectivity index (χ0v) is 9.40. The smallest absolute Gasteiger partial charge is 0.472 e. The van der Waals surface area contributed by atoms with Crippen LogP contribution in [0.5, 0.6) is 5.75 Å². The summed E-state index contributed by atoms with van der Waals surface area (Å²) in [5.74, 6) is -0.893. The Morgan fingerprint density at radius 3 is 2.68 bits per heavy atom. The van der Waals surface area contributed by atoms with Crippen molar-refractivity contribution in [3.63, 3.8) is 0 Å². The molecular weight excluding hydrogens is 263 g/mol. The fourth-order valence-corrected chi connectivity index (χ4v) is 1.37. The Morgan fingerprint density at radius 2 is 2.05 bits per heavy atom. The van der Waals surface area contributed by atoms with Gasteiger partial charge in [-0.25, -0.2) is 0 Å². The molecule has 0 aliphatic rings. The Hall–Kier alpha value is -2.44. The lowest BCUT2D eigenvalue weighted by Gasteiger charge is -2.10. The van der Waals surface area contributed by atoms with Gasteiger partial charge in [0.15, 0.2) is 0 Å². The summed E-state index contributed by atoms with van der Waals surface area (Å²) in [6.45, 7) is 0. The van der Waals surface area contributed by atoms with Crippen LogP contribution in [0.25, 0.3) is 0 Å². The van der Waals surface area contributed by atoms with Crippen molar-refractivity contribution in [1.29, 1.82) is 0 Å². The maximum absolute atomic E-state index is 12.0. The molecule has 0 spiro atoms. The van der Waals surface area contributed by atoms with Gasteiger partial charge in [0.25, 0.3) is 5.91 Å². The molecule has 0 atom stereocenters. The highest BCUT2D eigenvalue weighted by molar-refractivity contribution is 6.04. The van der Waals surface area contributed by atoms with Crippen LogP contribution in [-0.2, 0) is 0 Å². The second-order valence-corrected chi connectivity index (χ2v) is 3.54. The Morgan fingerprint density at radius 1 is 1.26 bits per heavy atom. The van der Waals surface area contributed by atoms with Gasteiger partial charge < -0.3 is 14.5 Å². The number of amides is 1. The van der Waals surface area contributed by atoms with Gasteiger partial charge >= 0.3 is 6.36 Å². The summed E-state index contributed by atoms with van der Waals surface area (Å²) >= 11 is 0. The Kier molecular flexibility index (Phi) is 3.46. The van der Waals surface area contributed by atoms with Crippen LogP contribution >= 0.6 is 0 Å². The minimum absolute atomic E-state index is 0.188. The molecule has 1 N–H and O–H groups in total. The van der Waals surface area contributed by atoms with E-state index in [0.29, 0.717) is 0 Å². The molecule has 2 aromatic rings. The lowest BCUT2D eigenvalue weighted by Crippen LogP contribution is -2.17. The zero-order valence-electron chi connectivity index (χ0n) is 9.40. The number of carbonyl (C=O) groups is 1. The molecule has 100 valence electrons. The van der Waals surface area contributed by atoms with E-state index >= 15 is 0 Å². The van der Waals surface area contributed by atoms with Crippen molar-refractivity contribution < 1.29 is 27.1 Å². The molecule has 19 heavy (non-hydrogen) atoms. The molecule has 0 bridgehead atoms. The van der Waals surface area contributed by atoms with Crippen molar-refractivity contribution in [2.75, 3.05) is 5.32 Å². The zero-order chi connectivity index (χ0) is 13.9. The maximum atomic E-state index is 12.0. The minimum Gasteiger partial charge on any atom is -0.472 e. The van der Waals surface area contributed by atoms with Crippen molar-refractivity contribution in [3.05, 3.63) is 48.4 Å². The second kappa shape index (κ2) is 5.05. The summed E-state index contributed by atoms with van der Waals surface area (Å²) in [5, 5.41) is 2.42. The maximum Gasteiger partial charge on any atom is 0.573 e. The van der Waals surface area contributed by atoms with Crippen molar-refractivity contribution in [2.45, 2.75) is 6.36 Å². The minimum atomic E-state index is -4.77. The average molecular weight is 271 g/mol. The van der Waals surface area contributed by atoms with Crippen molar-refractivity contribution in [3.8, 4) is 5.75 Å². The number of ether oxygens (including phenoxy) is 1. The van der Waals surface area contributed by atoms with Crippen LogP contribution in [0.15, 0.2) is 47.3 Å². The molecule has 1 heterocycles. The summed E-state index contributed by atoms with van der Waals surface area (Å²) in [4.78, 5) is 11.6. The van der Waals surface area contributed by atoms with Gasteiger partial charge in [0.05, 0.1) is 11.8 Å². The molecule has 2 rings (SSSR count). The first kappa shape index (κ1) is 13.0. The number of alkyl halides is 3. The standard InChI is InChI=1S/C12H8F3NO3/c13-12(14,15)19-10-3-1-2-9(6-10)16-11(17)8-4-5-18-7-8/h1-7H,(H,16,17). The van der Waals surface area contributed by atoms with E-state index in [9.17, 15) is 18.0 Å². The topological polar surface area (TPSA) is 51.5 Å². The van der Waals surface area contributed by atoms with Crippen LogP contribution in [-0.4, -0.2) is 12.3 Å². The third kappa shape index (κ3) is 3.77. The first-order chi connectivity index (χ1) is 8.94. The first-order valence-electron chi connectivity index (χ1n) is 5.13. The van der Waals surface area contributed by atoms with E-state index < -0.39 is 18.0 Å². The van der Waals surface area contributed by atoms with E-state index in [-0.39, 0.29) is 11.3 Å². The molecule has 0 fully saturated rings. The number of rotatable bonds is 3. The lowest BCUT2D eigenvalue weighted by atomic mass is 10.2. The van der Waals surface area contributed by atoms with Gasteiger partial charge in [-0.05, 0) is 18.2 Å². The van der Waals surface area contributed by atoms with Gasteiger partial charge in [0.1, 0.15) is 12.0 Å². The Balaban J connectivity index is 2.09. The van der Waals surface area contributed by atoms with Crippen LogP contribution in [0.1, 0.15) is 10.4 Å². The number of halogens is 3. The van der Waals surface area contributed by atoms with Gasteiger partial charge in [-0.15, -0.1) is 13.2 Å². The van der Waals surface area contributed by atoms with Crippen LogP contribution in [0.4, 0.5) is 18.9 Å². The van der Waals surface area contributed by atoms with Gasteiger partial charge in [-0.3, -0.25) is 4.79 Å². The van der Waals surface area contributed by atoms with Crippen LogP contribution in [0, 0.1) is 0 Å². The molecule has 0 radical (unpaired) electrons. The molecule has 4 nitrogen and oxygen atoms in total. The fraction of sp³-hybridized carbons (Fsp3) is 0.0833. The third-order valence-corrected chi connectivity index (χ3v) is 2.11. The van der Waals surface area contributed by atoms with E-state index in [4.69, 9.17) is 4.42 Å². The molecule has 0 unspecified atom stereocenters. The number of hydrogen-bond donors (Lipinski definition) is 1. The van der Waals surface area contributed by atoms with Gasteiger partial charge in [-0.2, -0.15) is 0 Å². The first-order valence-corrected chi connectivity index (χ1v) is 5.13. The lowest BCUT2D eigenvalue weighted by molar-refractivity contribution is -0.274. The van der Waals surface area contributed by atoms with E-state index in [0.717, 1.165) is 12.1 Å². The average Bonchev–Trinajstić information content (AvgIpc) is 2.80. The molecule has 0 aliphatic carbocycles. The SMILES string of the molecule is O=C(Nc1cccc(OC(F)(F)F)c1)c1ccoc1. The highest BCUT2D eigenvalue weighted by Crippen LogP contribution is 2.25. The third-order valence-electron chi connectivity index (χ3n) is 2.11. The highest BCUT2D eigenvalue weighted by atomic mass is 19.4. The predicted molar refractivity (Wildman–Crippen MR) is 59.8 cm³/mol. The van der Waals surface area contributed by atoms with Crippen molar-refractivity contribution in [1.82, 2.24) is 0 Å². The van der Waals surface area contributed by atoms with E-state index in [1.165, 1.54) is 30.7 Å². The molecule has 1 aromatic carbocycles. The van der Waals surface area contributed by atoms with Crippen LogP contribution < -0.4 is 10.1 Å². The predicted octanol–water partition coefficient (Wildman–Crippen LogP) is 3.43. The van der Waals surface area contributed by atoms with Crippen LogP contribution in [0.3, 0.4) is 0 Å². The van der Waals surface area contributed by atoms with Crippen LogP contribution in [0.2, 0.25) is 0 Å². The Bertz CT molecular complexity index is 564. The summed E-state index contributed by atoms with van der Waals surface area (Å²) in [5.41, 5.74) is 0.454. The number of benzene rings is 1. The molecular formula is C12H8F3NO3. The fourth-order valence-electron chi connectivity index (χ4n) is 1.37. The second-order valence-electron chi connectivity index (χ2n) is 3.54. The monoisotopic (exact) mass is 271 g/mol. The molecule has 0 saturated carbocycles. The number of furan rings is 1. The molecule has 7 heteroatoms. The largest absolute Gasteiger partial charge is 0.573 e. The molecule has 1 amide bonds. The highest BCUT2D eigenvalue weighted by Gasteiger charge is 2.31. The normalized spacial score (nSPS) is 11.1. The summed E-state index contributed by atoms with van der Waals surface area (Å²) < 4.78 is 44.6. The molecule has 0 aliphatic heterocycles. The Labute approximate surface area is 105 Å². The van der Waals surface area contributed by atoms with E-state index in [2.05, 4.69) is 10.1 Å². The number of carbonyl (C=O) groups excluding carboxylic acids is 1.